The molecule has 1 aliphatic heterocycles. The Kier molecular flexibility index (Phi) is 4.36. The monoisotopic (exact) mass is 343 g/mol. The van der Waals surface area contributed by atoms with Crippen molar-refractivity contribution < 1.29 is 4.39 Å². The van der Waals surface area contributed by atoms with Crippen LogP contribution in [0.25, 0.3) is 10.6 Å². The Labute approximate surface area is 143 Å². The van der Waals surface area contributed by atoms with E-state index in [9.17, 15) is 4.39 Å². The van der Waals surface area contributed by atoms with Gasteiger partial charge in [0.15, 0.2) is 0 Å². The zero-order valence-electron chi connectivity index (χ0n) is 13.2. The van der Waals surface area contributed by atoms with Gasteiger partial charge >= 0.3 is 0 Å². The van der Waals surface area contributed by atoms with Crippen LogP contribution in [0, 0.1) is 5.82 Å². The molecule has 124 valence electrons. The molecule has 1 fully saturated rings. The standard InChI is InChI=1S/C17H18FN5S/c18-14-5-3-13(4-6-14)17-21-15(10-24-17)8-22-7-1-2-16(22)9-23-12-19-11-20-23/h3-6,10-12,16H,1-2,7-9H2/t16-/m1/s1. The minimum atomic E-state index is -0.219. The largest absolute Gasteiger partial charge is 0.293 e. The van der Waals surface area contributed by atoms with Crippen LogP contribution in [0.5, 0.6) is 0 Å². The molecule has 1 aromatic carbocycles. The van der Waals surface area contributed by atoms with Crippen molar-refractivity contribution in [2.24, 2.45) is 0 Å². The van der Waals surface area contributed by atoms with Gasteiger partial charge in [-0.25, -0.2) is 14.4 Å². The van der Waals surface area contributed by atoms with Crippen molar-refractivity contribution in [1.82, 2.24) is 24.6 Å². The molecule has 24 heavy (non-hydrogen) atoms. The third-order valence-electron chi connectivity index (χ3n) is 4.37. The number of benzene rings is 1. The van der Waals surface area contributed by atoms with Crippen molar-refractivity contribution in [2.45, 2.75) is 32.0 Å². The number of rotatable bonds is 5. The molecular formula is C17H18FN5S. The zero-order chi connectivity index (χ0) is 16.4. The maximum absolute atomic E-state index is 13.0. The van der Waals surface area contributed by atoms with E-state index in [2.05, 4.69) is 20.4 Å². The van der Waals surface area contributed by atoms with Crippen LogP contribution in [-0.2, 0) is 13.1 Å². The second-order valence-electron chi connectivity index (χ2n) is 6.03. The molecule has 0 aliphatic carbocycles. The van der Waals surface area contributed by atoms with Crippen molar-refractivity contribution in [2.75, 3.05) is 6.54 Å². The molecule has 7 heteroatoms. The summed E-state index contributed by atoms with van der Waals surface area (Å²) in [6.45, 7) is 2.80. The van der Waals surface area contributed by atoms with Crippen molar-refractivity contribution in [3.05, 3.63) is 53.8 Å². The number of likely N-dealkylation sites (tertiary alicyclic amines) is 1. The van der Waals surface area contributed by atoms with Gasteiger partial charge in [0.1, 0.15) is 23.5 Å². The number of aromatic nitrogens is 4. The third-order valence-corrected chi connectivity index (χ3v) is 5.31. The van der Waals surface area contributed by atoms with Crippen molar-refractivity contribution in [1.29, 1.82) is 0 Å². The van der Waals surface area contributed by atoms with E-state index in [-0.39, 0.29) is 5.82 Å². The molecule has 3 aromatic rings. The predicted molar refractivity (Wildman–Crippen MR) is 91.0 cm³/mol. The molecule has 0 N–H and O–H groups in total. The van der Waals surface area contributed by atoms with E-state index in [4.69, 9.17) is 4.98 Å². The lowest BCUT2D eigenvalue weighted by Crippen LogP contribution is -2.32. The van der Waals surface area contributed by atoms with Gasteiger partial charge < -0.3 is 0 Å². The molecule has 1 saturated heterocycles. The lowest BCUT2D eigenvalue weighted by molar-refractivity contribution is 0.217. The van der Waals surface area contributed by atoms with Gasteiger partial charge in [-0.2, -0.15) is 5.10 Å². The van der Waals surface area contributed by atoms with E-state index in [0.29, 0.717) is 6.04 Å². The van der Waals surface area contributed by atoms with Gasteiger partial charge in [0.2, 0.25) is 0 Å². The number of halogens is 1. The topological polar surface area (TPSA) is 46.8 Å². The van der Waals surface area contributed by atoms with Gasteiger partial charge in [-0.3, -0.25) is 9.58 Å². The van der Waals surface area contributed by atoms with E-state index in [1.54, 1.807) is 36.1 Å². The zero-order valence-corrected chi connectivity index (χ0v) is 14.0. The van der Waals surface area contributed by atoms with Crippen molar-refractivity contribution in [3.8, 4) is 10.6 Å². The summed E-state index contributed by atoms with van der Waals surface area (Å²) in [7, 11) is 0. The molecule has 0 spiro atoms. The van der Waals surface area contributed by atoms with E-state index in [1.807, 2.05) is 4.68 Å². The summed E-state index contributed by atoms with van der Waals surface area (Å²) in [5.74, 6) is -0.219. The van der Waals surface area contributed by atoms with Gasteiger partial charge in [-0.15, -0.1) is 11.3 Å². The Hall–Kier alpha value is -2.12. The second-order valence-corrected chi connectivity index (χ2v) is 6.89. The summed E-state index contributed by atoms with van der Waals surface area (Å²) in [6.07, 6.45) is 5.73. The van der Waals surface area contributed by atoms with Crippen LogP contribution < -0.4 is 0 Å². The predicted octanol–water partition coefficient (Wildman–Crippen LogP) is 3.21. The first kappa shape index (κ1) is 15.4. The van der Waals surface area contributed by atoms with Gasteiger partial charge in [-0.1, -0.05) is 0 Å². The summed E-state index contributed by atoms with van der Waals surface area (Å²) in [6, 6.07) is 6.99. The van der Waals surface area contributed by atoms with Crippen molar-refractivity contribution >= 4 is 11.3 Å². The number of nitrogens with zero attached hydrogens (tertiary/aromatic N) is 5. The minimum absolute atomic E-state index is 0.219. The highest BCUT2D eigenvalue weighted by molar-refractivity contribution is 7.13. The minimum Gasteiger partial charge on any atom is -0.293 e. The van der Waals surface area contributed by atoms with E-state index >= 15 is 0 Å². The Bertz CT molecular complexity index is 784. The molecule has 0 radical (unpaired) electrons. The van der Waals surface area contributed by atoms with Crippen LogP contribution in [0.15, 0.2) is 42.3 Å². The normalized spacial score (nSPS) is 18.3. The summed E-state index contributed by atoms with van der Waals surface area (Å²) in [5, 5.41) is 7.25. The van der Waals surface area contributed by atoms with Gasteiger partial charge in [0, 0.05) is 23.5 Å². The van der Waals surface area contributed by atoms with E-state index < -0.39 is 0 Å². The summed E-state index contributed by atoms with van der Waals surface area (Å²) in [5.41, 5.74) is 2.04. The van der Waals surface area contributed by atoms with Gasteiger partial charge in [-0.05, 0) is 43.7 Å². The SMILES string of the molecule is Fc1ccc(-c2nc(CN3CCC[C@@H]3Cn3cncn3)cs2)cc1. The summed E-state index contributed by atoms with van der Waals surface area (Å²) < 4.78 is 14.9. The summed E-state index contributed by atoms with van der Waals surface area (Å²) >= 11 is 1.61. The summed E-state index contributed by atoms with van der Waals surface area (Å²) in [4.78, 5) is 11.2. The highest BCUT2D eigenvalue weighted by Gasteiger charge is 2.25. The Morgan fingerprint density at radius 3 is 2.92 bits per heavy atom. The Morgan fingerprint density at radius 1 is 1.25 bits per heavy atom. The highest BCUT2D eigenvalue weighted by atomic mass is 32.1. The molecule has 1 atom stereocenters. The third kappa shape index (κ3) is 3.37. The number of thiazole rings is 1. The average Bonchev–Trinajstić information content (AvgIpc) is 3.32. The fraction of sp³-hybridized carbons (Fsp3) is 0.353. The molecule has 0 saturated carbocycles. The van der Waals surface area contributed by atoms with E-state index in [1.165, 1.54) is 25.0 Å². The highest BCUT2D eigenvalue weighted by Crippen LogP contribution is 2.26. The van der Waals surface area contributed by atoms with Crippen LogP contribution in [0.3, 0.4) is 0 Å². The fourth-order valence-corrected chi connectivity index (χ4v) is 3.98. The van der Waals surface area contributed by atoms with Crippen LogP contribution in [0.1, 0.15) is 18.5 Å². The van der Waals surface area contributed by atoms with Gasteiger partial charge in [0.05, 0.1) is 12.2 Å². The van der Waals surface area contributed by atoms with Crippen LogP contribution >= 0.6 is 11.3 Å². The molecule has 3 heterocycles. The Morgan fingerprint density at radius 2 is 2.12 bits per heavy atom. The first-order valence-corrected chi connectivity index (χ1v) is 8.93. The molecule has 0 bridgehead atoms. The molecule has 1 aliphatic rings. The maximum atomic E-state index is 13.0. The average molecular weight is 343 g/mol. The molecule has 4 rings (SSSR count). The lowest BCUT2D eigenvalue weighted by atomic mass is 10.2. The molecule has 2 aromatic heterocycles. The van der Waals surface area contributed by atoms with Crippen LogP contribution in [0.2, 0.25) is 0 Å². The molecule has 0 unspecified atom stereocenters. The maximum Gasteiger partial charge on any atom is 0.137 e. The fourth-order valence-electron chi connectivity index (χ4n) is 3.17. The Balaban J connectivity index is 1.44. The quantitative estimate of drug-likeness (QED) is 0.714. The number of hydrogen-bond acceptors (Lipinski definition) is 5. The first-order valence-electron chi connectivity index (χ1n) is 8.05. The van der Waals surface area contributed by atoms with Crippen LogP contribution in [0.4, 0.5) is 4.39 Å². The first-order chi connectivity index (χ1) is 11.8. The van der Waals surface area contributed by atoms with E-state index in [0.717, 1.165) is 35.9 Å². The number of hydrogen-bond donors (Lipinski definition) is 0. The second kappa shape index (κ2) is 6.78. The molecule has 5 nitrogen and oxygen atoms in total. The lowest BCUT2D eigenvalue weighted by Gasteiger charge is -2.23. The van der Waals surface area contributed by atoms with Crippen molar-refractivity contribution in [3.63, 3.8) is 0 Å². The smallest absolute Gasteiger partial charge is 0.137 e. The van der Waals surface area contributed by atoms with Gasteiger partial charge in [0.25, 0.3) is 0 Å². The van der Waals surface area contributed by atoms with Crippen LogP contribution in [-0.4, -0.2) is 37.2 Å². The molecular weight excluding hydrogens is 325 g/mol. The molecule has 0 amide bonds.